The van der Waals surface area contributed by atoms with Gasteiger partial charge in [0, 0.05) is 12.1 Å². The van der Waals surface area contributed by atoms with Crippen LogP contribution in [0.5, 0.6) is 0 Å². The Morgan fingerprint density at radius 2 is 1.45 bits per heavy atom. The largest absolute Gasteiger partial charge is 1.00 e. The Morgan fingerprint density at radius 1 is 1.09 bits per heavy atom. The maximum Gasteiger partial charge on any atom is 1.00 e. The Balaban J connectivity index is 0. The van der Waals surface area contributed by atoms with Crippen LogP contribution in [0.15, 0.2) is 10.5 Å². The third kappa shape index (κ3) is 5.11. The van der Waals surface area contributed by atoms with E-state index in [4.69, 9.17) is 0 Å². The van der Waals surface area contributed by atoms with E-state index in [0.29, 0.717) is 0 Å². The molecule has 0 heterocycles. The molecule has 0 aromatic rings. The maximum absolute atomic E-state index is 9.77. The van der Waals surface area contributed by atoms with Crippen LogP contribution in [0.4, 0.5) is 0 Å². The smallest absolute Gasteiger partial charge is 0.774 e. The summed E-state index contributed by atoms with van der Waals surface area (Å²) in [6, 6.07) is 0.468. The predicted molar refractivity (Wildman–Crippen MR) is 40.3 cm³/mol. The van der Waals surface area contributed by atoms with E-state index < -0.39 is 0 Å². The average Bonchev–Trinajstić information content (AvgIpc) is 1.81. The van der Waals surface area contributed by atoms with Gasteiger partial charge in [-0.1, -0.05) is 5.22 Å². The second kappa shape index (κ2) is 6.50. The average molecular weight is 151 g/mol. The summed E-state index contributed by atoms with van der Waals surface area (Å²) in [7, 11) is 0. The first-order valence-electron chi connectivity index (χ1n) is 3.41. The van der Waals surface area contributed by atoms with Crippen LogP contribution in [-0.4, -0.2) is 17.1 Å². The summed E-state index contributed by atoms with van der Waals surface area (Å²) < 4.78 is 0. The molecule has 0 aliphatic rings. The van der Waals surface area contributed by atoms with Crippen molar-refractivity contribution in [1.82, 2.24) is 5.01 Å². The van der Waals surface area contributed by atoms with E-state index >= 15 is 0 Å². The van der Waals surface area contributed by atoms with Crippen molar-refractivity contribution in [3.8, 4) is 0 Å². The van der Waals surface area contributed by atoms with Crippen molar-refractivity contribution in [3.63, 3.8) is 0 Å². The monoisotopic (exact) mass is 151 g/mol. The Morgan fingerprint density at radius 3 is 1.55 bits per heavy atom. The Labute approximate surface area is 79.8 Å². The van der Waals surface area contributed by atoms with Crippen LogP contribution in [0.3, 0.4) is 0 Å². The first-order chi connectivity index (χ1) is 4.59. The molecule has 0 spiro atoms. The zero-order valence-corrected chi connectivity index (χ0v) is 7.90. The van der Waals surface area contributed by atoms with Crippen molar-refractivity contribution in [1.29, 1.82) is 0 Å². The number of nitrogens with zero attached hydrogens (tertiary/aromatic N) is 3. The number of hydrogen-bond donors (Lipinski definition) is 0. The van der Waals surface area contributed by atoms with Gasteiger partial charge in [-0.05, 0) is 27.7 Å². The molecule has 0 fully saturated rings. The van der Waals surface area contributed by atoms with Gasteiger partial charge in [-0.2, -0.15) is 5.28 Å². The fourth-order valence-corrected chi connectivity index (χ4v) is 0.845. The van der Waals surface area contributed by atoms with E-state index in [-0.39, 0.29) is 30.9 Å². The molecule has 0 aromatic heterocycles. The molecule has 0 atom stereocenters. The van der Waals surface area contributed by atoms with Gasteiger partial charge in [0.1, 0.15) is 0 Å². The van der Waals surface area contributed by atoms with Crippen LogP contribution < -0.4 is 18.9 Å². The molecule has 0 rings (SSSR count). The molecule has 0 bridgehead atoms. The fraction of sp³-hybridized carbons (Fsp3) is 1.00. The van der Waals surface area contributed by atoms with Gasteiger partial charge in [0.2, 0.25) is 0 Å². The van der Waals surface area contributed by atoms with E-state index in [2.05, 4.69) is 10.5 Å². The summed E-state index contributed by atoms with van der Waals surface area (Å²) in [4.78, 5) is 0. The molecule has 0 aliphatic heterocycles. The molecule has 0 aliphatic carbocycles. The van der Waals surface area contributed by atoms with Crippen LogP contribution in [0.1, 0.15) is 27.7 Å². The molecular weight excluding hydrogens is 137 g/mol. The SMILES string of the molecule is CC(C)N(/N=N/[O-])C(C)C.[Li+]. The van der Waals surface area contributed by atoms with Crippen molar-refractivity contribution < 1.29 is 18.9 Å². The van der Waals surface area contributed by atoms with Crippen molar-refractivity contribution in [2.24, 2.45) is 10.5 Å². The molecule has 0 saturated carbocycles. The molecule has 0 unspecified atom stereocenters. The van der Waals surface area contributed by atoms with Crippen molar-refractivity contribution in [2.45, 2.75) is 39.8 Å². The first kappa shape index (κ1) is 13.4. The van der Waals surface area contributed by atoms with Crippen LogP contribution in [0.25, 0.3) is 0 Å². The molecule has 0 amide bonds. The molecule has 0 N–H and O–H groups in total. The van der Waals surface area contributed by atoms with Gasteiger partial charge in [0.25, 0.3) is 0 Å². The van der Waals surface area contributed by atoms with Crippen LogP contribution in [-0.2, 0) is 0 Å². The minimum Gasteiger partial charge on any atom is -0.774 e. The van der Waals surface area contributed by atoms with E-state index in [1.807, 2.05) is 27.7 Å². The second-order valence-electron chi connectivity index (χ2n) is 2.74. The molecule has 60 valence electrons. The topological polar surface area (TPSA) is 51.0 Å². The second-order valence-corrected chi connectivity index (χ2v) is 2.74. The third-order valence-electron chi connectivity index (χ3n) is 1.20. The molecule has 0 radical (unpaired) electrons. The maximum atomic E-state index is 9.77. The van der Waals surface area contributed by atoms with Crippen molar-refractivity contribution in [2.75, 3.05) is 0 Å². The molecule has 0 aromatic carbocycles. The molecule has 5 heteroatoms. The van der Waals surface area contributed by atoms with Gasteiger partial charge in [0.15, 0.2) is 0 Å². The number of rotatable bonds is 3. The minimum absolute atomic E-state index is 0. The van der Waals surface area contributed by atoms with Gasteiger partial charge >= 0.3 is 18.9 Å². The van der Waals surface area contributed by atoms with Gasteiger partial charge in [0.05, 0.1) is 0 Å². The van der Waals surface area contributed by atoms with Crippen LogP contribution >= 0.6 is 0 Å². The van der Waals surface area contributed by atoms with Crippen molar-refractivity contribution in [3.05, 3.63) is 5.21 Å². The molecule has 4 nitrogen and oxygen atoms in total. The third-order valence-corrected chi connectivity index (χ3v) is 1.20. The van der Waals surface area contributed by atoms with Crippen LogP contribution in [0, 0.1) is 5.21 Å². The molecular formula is C6H14LiN3O. The number of hydrogen-bond acceptors (Lipinski definition) is 3. The predicted octanol–water partition coefficient (Wildman–Crippen LogP) is -1.03. The van der Waals surface area contributed by atoms with E-state index in [1.165, 1.54) is 0 Å². The van der Waals surface area contributed by atoms with Gasteiger partial charge in [-0.15, -0.1) is 0 Å². The van der Waals surface area contributed by atoms with Crippen molar-refractivity contribution >= 4 is 0 Å². The summed E-state index contributed by atoms with van der Waals surface area (Å²) in [5.41, 5.74) is 0. The molecule has 0 saturated heterocycles. The quantitative estimate of drug-likeness (QED) is 0.294. The fourth-order valence-electron chi connectivity index (χ4n) is 0.845. The van der Waals surface area contributed by atoms with Gasteiger partial charge in [-0.3, -0.25) is 5.01 Å². The first-order valence-corrected chi connectivity index (χ1v) is 3.41. The van der Waals surface area contributed by atoms with Crippen LogP contribution in [0.2, 0.25) is 0 Å². The Kier molecular flexibility index (Phi) is 7.92. The Bertz CT molecular complexity index is 108. The minimum atomic E-state index is 0. The summed E-state index contributed by atoms with van der Waals surface area (Å²) in [5.74, 6) is 0. The standard InChI is InChI=1S/C6H15N3O.Li/c1-5(2)9(6(3)4)7-8-10;/h5-6H,1-4H3,(H,7,10);/q;+1/p-1. The Hall–Kier alpha value is -0.203. The van der Waals surface area contributed by atoms with E-state index in [1.54, 1.807) is 5.01 Å². The van der Waals surface area contributed by atoms with E-state index in [0.717, 1.165) is 0 Å². The van der Waals surface area contributed by atoms with Gasteiger partial charge < -0.3 is 5.21 Å². The van der Waals surface area contributed by atoms with E-state index in [9.17, 15) is 5.21 Å². The summed E-state index contributed by atoms with van der Waals surface area (Å²) in [5, 5.41) is 17.3. The summed E-state index contributed by atoms with van der Waals surface area (Å²) in [6.45, 7) is 7.87. The molecule has 11 heavy (non-hydrogen) atoms. The normalized spacial score (nSPS) is 10.7. The van der Waals surface area contributed by atoms with Gasteiger partial charge in [-0.25, -0.2) is 0 Å². The zero-order chi connectivity index (χ0) is 8.15. The zero-order valence-electron chi connectivity index (χ0n) is 7.90. The summed E-state index contributed by atoms with van der Waals surface area (Å²) in [6.07, 6.45) is 0. The summed E-state index contributed by atoms with van der Waals surface area (Å²) >= 11 is 0.